The van der Waals surface area contributed by atoms with Crippen molar-refractivity contribution in [3.8, 4) is 0 Å². The van der Waals surface area contributed by atoms with Crippen LogP contribution in [0.2, 0.25) is 5.02 Å². The van der Waals surface area contributed by atoms with Crippen LogP contribution in [0, 0.1) is 6.92 Å². The van der Waals surface area contributed by atoms with Crippen LogP contribution < -0.4 is 9.62 Å². The molecule has 0 aliphatic carbocycles. The maximum Gasteiger partial charge on any atom is 0.264 e. The zero-order valence-electron chi connectivity index (χ0n) is 15.5. The topological polar surface area (TPSA) is 66.5 Å². The molecule has 29 heavy (non-hydrogen) atoms. The molecule has 0 bridgehead atoms. The lowest BCUT2D eigenvalue weighted by Crippen LogP contribution is -2.38. The first kappa shape index (κ1) is 21.4. The summed E-state index contributed by atoms with van der Waals surface area (Å²) in [7, 11) is -3.98. The Morgan fingerprint density at radius 3 is 2.38 bits per heavy atom. The summed E-state index contributed by atoms with van der Waals surface area (Å²) in [5.74, 6) is -0.462. The van der Waals surface area contributed by atoms with Crippen LogP contribution in [0.15, 0.2) is 82.2 Å². The molecule has 1 N–H and O–H groups in total. The number of hydrogen-bond donors (Lipinski definition) is 1. The second-order valence-corrected chi connectivity index (χ2v) is 9.49. The highest BCUT2D eigenvalue weighted by atomic mass is 79.9. The number of carbonyl (C=O) groups is 1. The first-order chi connectivity index (χ1) is 13.8. The van der Waals surface area contributed by atoms with Gasteiger partial charge in [0.25, 0.3) is 10.0 Å². The summed E-state index contributed by atoms with van der Waals surface area (Å²) in [5.41, 5.74) is 1.85. The molecule has 0 saturated heterocycles. The molecular weight excluding hydrogens is 476 g/mol. The van der Waals surface area contributed by atoms with Gasteiger partial charge in [0.15, 0.2) is 0 Å². The lowest BCUT2D eigenvalue weighted by atomic mass is 10.2. The Hall–Kier alpha value is -2.35. The highest BCUT2D eigenvalue weighted by molar-refractivity contribution is 9.10. The second-order valence-electron chi connectivity index (χ2n) is 6.33. The van der Waals surface area contributed by atoms with E-state index in [1.165, 1.54) is 24.3 Å². The lowest BCUT2D eigenvalue weighted by Gasteiger charge is -2.24. The third kappa shape index (κ3) is 5.18. The standard InChI is InChI=1S/C21H18BrClN2O3S/c1-15-5-4-6-17(13-15)25(29(27,28)18-11-9-16(23)10-12-18)14-21(26)24-20-8-3-2-7-19(20)22/h2-13H,14H2,1H3,(H,24,26). The van der Waals surface area contributed by atoms with Gasteiger partial charge in [-0.1, -0.05) is 35.9 Å². The molecule has 5 nitrogen and oxygen atoms in total. The fraction of sp³-hybridized carbons (Fsp3) is 0.0952. The summed E-state index contributed by atoms with van der Waals surface area (Å²) in [5, 5.41) is 3.17. The number of anilines is 2. The molecule has 8 heteroatoms. The lowest BCUT2D eigenvalue weighted by molar-refractivity contribution is -0.114. The quantitative estimate of drug-likeness (QED) is 0.510. The van der Waals surface area contributed by atoms with Gasteiger partial charge in [-0.3, -0.25) is 9.10 Å². The highest BCUT2D eigenvalue weighted by Crippen LogP contribution is 2.26. The smallest absolute Gasteiger partial charge is 0.264 e. The maximum absolute atomic E-state index is 13.3. The molecule has 0 fully saturated rings. The average Bonchev–Trinajstić information content (AvgIpc) is 2.68. The maximum atomic E-state index is 13.3. The van der Waals surface area contributed by atoms with Crippen LogP contribution >= 0.6 is 27.5 Å². The van der Waals surface area contributed by atoms with E-state index in [1.54, 1.807) is 36.4 Å². The molecule has 0 heterocycles. The van der Waals surface area contributed by atoms with Crippen LogP contribution in [0.5, 0.6) is 0 Å². The van der Waals surface area contributed by atoms with Crippen molar-refractivity contribution in [2.75, 3.05) is 16.2 Å². The number of nitrogens with zero attached hydrogens (tertiary/aromatic N) is 1. The number of amides is 1. The molecule has 3 aromatic rings. The van der Waals surface area contributed by atoms with E-state index in [0.717, 1.165) is 9.87 Å². The molecule has 0 aliphatic heterocycles. The Labute approximate surface area is 183 Å². The summed E-state index contributed by atoms with van der Waals surface area (Å²) in [6.45, 7) is 1.48. The zero-order chi connectivity index (χ0) is 21.0. The van der Waals surface area contributed by atoms with Gasteiger partial charge in [-0.25, -0.2) is 8.42 Å². The number of hydrogen-bond acceptors (Lipinski definition) is 3. The van der Waals surface area contributed by atoms with E-state index >= 15 is 0 Å². The third-order valence-electron chi connectivity index (χ3n) is 4.13. The number of halogens is 2. The van der Waals surface area contributed by atoms with Crippen molar-refractivity contribution in [3.63, 3.8) is 0 Å². The van der Waals surface area contributed by atoms with E-state index in [-0.39, 0.29) is 11.4 Å². The minimum atomic E-state index is -3.98. The summed E-state index contributed by atoms with van der Waals surface area (Å²) in [6, 6.07) is 20.0. The van der Waals surface area contributed by atoms with Crippen LogP contribution in [0.3, 0.4) is 0 Å². The van der Waals surface area contributed by atoms with Crippen molar-refractivity contribution in [3.05, 3.63) is 87.9 Å². The monoisotopic (exact) mass is 492 g/mol. The van der Waals surface area contributed by atoms with Crippen molar-refractivity contribution in [1.29, 1.82) is 0 Å². The molecule has 150 valence electrons. The molecule has 0 unspecified atom stereocenters. The van der Waals surface area contributed by atoms with E-state index in [2.05, 4.69) is 21.2 Å². The van der Waals surface area contributed by atoms with Gasteiger partial charge in [-0.2, -0.15) is 0 Å². The molecule has 3 rings (SSSR count). The molecule has 0 radical (unpaired) electrons. The second kappa shape index (κ2) is 8.98. The van der Waals surface area contributed by atoms with Crippen LogP contribution in [0.1, 0.15) is 5.56 Å². The van der Waals surface area contributed by atoms with Crippen LogP contribution in [-0.2, 0) is 14.8 Å². The van der Waals surface area contributed by atoms with Gasteiger partial charge in [-0.05, 0) is 76.9 Å². The first-order valence-electron chi connectivity index (χ1n) is 8.67. The van der Waals surface area contributed by atoms with Crippen molar-refractivity contribution < 1.29 is 13.2 Å². The van der Waals surface area contributed by atoms with E-state index in [4.69, 9.17) is 11.6 Å². The number of sulfonamides is 1. The van der Waals surface area contributed by atoms with Crippen molar-refractivity contribution >= 4 is 54.8 Å². The van der Waals surface area contributed by atoms with E-state index in [9.17, 15) is 13.2 Å². The molecule has 3 aromatic carbocycles. The van der Waals surface area contributed by atoms with Crippen LogP contribution in [0.25, 0.3) is 0 Å². The predicted molar refractivity (Wildman–Crippen MR) is 120 cm³/mol. The molecule has 1 amide bonds. The average molecular weight is 494 g/mol. The summed E-state index contributed by atoms with van der Waals surface area (Å²) in [6.07, 6.45) is 0. The molecule has 0 aromatic heterocycles. The number of carbonyl (C=O) groups excluding carboxylic acids is 1. The van der Waals surface area contributed by atoms with Crippen LogP contribution in [-0.4, -0.2) is 20.9 Å². The molecule has 0 saturated carbocycles. The summed E-state index contributed by atoms with van der Waals surface area (Å²) >= 11 is 9.26. The summed E-state index contributed by atoms with van der Waals surface area (Å²) < 4.78 is 28.4. The fourth-order valence-corrected chi connectivity index (χ4v) is 4.64. The van der Waals surface area contributed by atoms with Crippen molar-refractivity contribution in [1.82, 2.24) is 0 Å². The molecular formula is C21H18BrClN2O3S. The molecule has 0 aliphatic rings. The Balaban J connectivity index is 1.96. The Bertz CT molecular complexity index is 1130. The van der Waals surface area contributed by atoms with E-state index < -0.39 is 15.9 Å². The van der Waals surface area contributed by atoms with Gasteiger partial charge < -0.3 is 5.32 Å². The highest BCUT2D eigenvalue weighted by Gasteiger charge is 2.27. The molecule has 0 spiro atoms. The SMILES string of the molecule is Cc1cccc(N(CC(=O)Nc2ccccc2Br)S(=O)(=O)c2ccc(Cl)cc2)c1. The fourth-order valence-electron chi connectivity index (χ4n) is 2.71. The Morgan fingerprint density at radius 1 is 1.03 bits per heavy atom. The van der Waals surface area contributed by atoms with Crippen LogP contribution in [0.4, 0.5) is 11.4 Å². The summed E-state index contributed by atoms with van der Waals surface area (Å²) in [4.78, 5) is 12.8. The molecule has 0 atom stereocenters. The van der Waals surface area contributed by atoms with Gasteiger partial charge in [-0.15, -0.1) is 0 Å². The minimum Gasteiger partial charge on any atom is -0.323 e. The first-order valence-corrected chi connectivity index (χ1v) is 11.3. The van der Waals surface area contributed by atoms with Gasteiger partial charge in [0.05, 0.1) is 16.3 Å². The Kier molecular flexibility index (Phi) is 6.62. The zero-order valence-corrected chi connectivity index (χ0v) is 18.6. The van der Waals surface area contributed by atoms with Gasteiger partial charge >= 0.3 is 0 Å². The third-order valence-corrected chi connectivity index (χ3v) is 6.86. The largest absolute Gasteiger partial charge is 0.323 e. The number of rotatable bonds is 6. The van der Waals surface area contributed by atoms with Gasteiger partial charge in [0, 0.05) is 9.50 Å². The number of nitrogens with one attached hydrogen (secondary N) is 1. The number of aryl methyl sites for hydroxylation is 1. The number of benzene rings is 3. The van der Waals surface area contributed by atoms with E-state index in [0.29, 0.717) is 20.9 Å². The predicted octanol–water partition coefficient (Wildman–Crippen LogP) is 5.24. The van der Waals surface area contributed by atoms with Crippen molar-refractivity contribution in [2.24, 2.45) is 0 Å². The van der Waals surface area contributed by atoms with Crippen molar-refractivity contribution in [2.45, 2.75) is 11.8 Å². The Morgan fingerprint density at radius 2 is 1.72 bits per heavy atom. The van der Waals surface area contributed by atoms with E-state index in [1.807, 2.05) is 19.1 Å². The number of para-hydroxylation sites is 1. The van der Waals surface area contributed by atoms with Gasteiger partial charge in [0.2, 0.25) is 5.91 Å². The normalized spacial score (nSPS) is 11.1. The minimum absolute atomic E-state index is 0.0529. The van der Waals surface area contributed by atoms with Gasteiger partial charge in [0.1, 0.15) is 6.54 Å².